The first-order valence-electron chi connectivity index (χ1n) is 6.75. The number of nitrogens with zero attached hydrogens (tertiary/aromatic N) is 3. The molecule has 0 amide bonds. The molecule has 0 spiro atoms. The lowest BCUT2D eigenvalue weighted by Gasteiger charge is -2.18. The Morgan fingerprint density at radius 1 is 1.32 bits per heavy atom. The van der Waals surface area contributed by atoms with Gasteiger partial charge in [-0.25, -0.2) is 4.68 Å². The first kappa shape index (κ1) is 15.7. The monoisotopic (exact) mass is 266 g/mol. The highest BCUT2D eigenvalue weighted by molar-refractivity contribution is 5.40. The van der Waals surface area contributed by atoms with Crippen molar-refractivity contribution in [3.63, 3.8) is 0 Å². The van der Waals surface area contributed by atoms with Crippen molar-refractivity contribution < 1.29 is 0 Å². The molecule has 108 valence electrons. The van der Waals surface area contributed by atoms with E-state index in [0.29, 0.717) is 12.0 Å². The molecule has 0 aliphatic rings. The third-order valence-electron chi connectivity index (χ3n) is 2.92. The highest BCUT2D eigenvalue weighted by Gasteiger charge is 2.08. The smallest absolute Gasteiger partial charge is 0.268 e. The third kappa shape index (κ3) is 5.87. The van der Waals surface area contributed by atoms with E-state index in [2.05, 4.69) is 31.2 Å². The molecule has 1 aromatic heterocycles. The van der Waals surface area contributed by atoms with Gasteiger partial charge in [-0.05, 0) is 18.4 Å². The Labute approximate surface area is 115 Å². The number of hydrogen-bond donors (Lipinski definition) is 1. The van der Waals surface area contributed by atoms with Crippen LogP contribution >= 0.6 is 0 Å². The molecule has 0 atom stereocenters. The summed E-state index contributed by atoms with van der Waals surface area (Å²) in [5.74, 6) is 0. The lowest BCUT2D eigenvalue weighted by atomic mass is 9.92. The SMILES string of the molecule is CN(C)c1cnn(CCNCCC(C)(C)C)c(=O)c1. The molecule has 0 saturated heterocycles. The standard InChI is InChI=1S/C14H26N4O/c1-14(2,3)6-7-15-8-9-18-13(19)10-12(11-16-18)17(4)5/h10-11,15H,6-9H2,1-5H3. The molecule has 0 fully saturated rings. The van der Waals surface area contributed by atoms with Crippen LogP contribution in [-0.4, -0.2) is 37.0 Å². The van der Waals surface area contributed by atoms with Gasteiger partial charge in [0.15, 0.2) is 0 Å². The van der Waals surface area contributed by atoms with Crippen molar-refractivity contribution in [1.29, 1.82) is 0 Å². The maximum Gasteiger partial charge on any atom is 0.268 e. The summed E-state index contributed by atoms with van der Waals surface area (Å²) in [5.41, 5.74) is 1.13. The summed E-state index contributed by atoms with van der Waals surface area (Å²) in [7, 11) is 3.80. The minimum atomic E-state index is -0.0520. The number of anilines is 1. The fraction of sp³-hybridized carbons (Fsp3) is 0.714. The minimum absolute atomic E-state index is 0.0520. The lowest BCUT2D eigenvalue weighted by Crippen LogP contribution is -2.30. The van der Waals surface area contributed by atoms with E-state index in [1.807, 2.05) is 19.0 Å². The van der Waals surface area contributed by atoms with Gasteiger partial charge in [0.1, 0.15) is 0 Å². The normalized spacial score (nSPS) is 11.6. The minimum Gasteiger partial charge on any atom is -0.376 e. The second-order valence-electron chi connectivity index (χ2n) is 6.23. The first-order chi connectivity index (χ1) is 8.79. The Hall–Kier alpha value is -1.36. The van der Waals surface area contributed by atoms with Crippen molar-refractivity contribution in [3.8, 4) is 0 Å². The Balaban J connectivity index is 2.40. The molecule has 0 unspecified atom stereocenters. The Bertz CT molecular complexity index is 445. The van der Waals surface area contributed by atoms with E-state index in [0.717, 1.165) is 25.2 Å². The fourth-order valence-corrected chi connectivity index (χ4v) is 1.61. The van der Waals surface area contributed by atoms with Crippen LogP contribution in [0.5, 0.6) is 0 Å². The average Bonchev–Trinajstić information content (AvgIpc) is 2.28. The van der Waals surface area contributed by atoms with E-state index in [4.69, 9.17) is 0 Å². The summed E-state index contributed by atoms with van der Waals surface area (Å²) in [5, 5.41) is 7.51. The van der Waals surface area contributed by atoms with Crippen molar-refractivity contribution >= 4 is 5.69 Å². The number of aromatic nitrogens is 2. The molecule has 19 heavy (non-hydrogen) atoms. The van der Waals surface area contributed by atoms with Crippen molar-refractivity contribution in [1.82, 2.24) is 15.1 Å². The number of nitrogens with one attached hydrogen (secondary N) is 1. The third-order valence-corrected chi connectivity index (χ3v) is 2.92. The largest absolute Gasteiger partial charge is 0.376 e. The van der Waals surface area contributed by atoms with E-state index in [1.165, 1.54) is 4.68 Å². The Kier molecular flexibility index (Phi) is 5.54. The molecular formula is C14H26N4O. The van der Waals surface area contributed by atoms with Gasteiger partial charge < -0.3 is 10.2 Å². The van der Waals surface area contributed by atoms with Crippen LogP contribution in [0.4, 0.5) is 5.69 Å². The van der Waals surface area contributed by atoms with Gasteiger partial charge in [0, 0.05) is 26.7 Å². The van der Waals surface area contributed by atoms with Crippen LogP contribution < -0.4 is 15.8 Å². The average molecular weight is 266 g/mol. The summed E-state index contributed by atoms with van der Waals surface area (Å²) < 4.78 is 1.50. The zero-order valence-corrected chi connectivity index (χ0v) is 12.7. The summed E-state index contributed by atoms with van der Waals surface area (Å²) in [6.45, 7) is 9.01. The molecule has 0 saturated carbocycles. The molecule has 5 heteroatoms. The number of hydrogen-bond acceptors (Lipinski definition) is 4. The van der Waals surface area contributed by atoms with Gasteiger partial charge in [0.2, 0.25) is 0 Å². The zero-order valence-electron chi connectivity index (χ0n) is 12.7. The zero-order chi connectivity index (χ0) is 14.5. The van der Waals surface area contributed by atoms with Crippen LogP contribution in [-0.2, 0) is 6.54 Å². The molecule has 0 bridgehead atoms. The van der Waals surface area contributed by atoms with Crippen LogP contribution in [0.1, 0.15) is 27.2 Å². The van der Waals surface area contributed by atoms with Crippen molar-refractivity contribution in [2.45, 2.75) is 33.7 Å². The molecule has 0 aliphatic heterocycles. The highest BCUT2D eigenvalue weighted by atomic mass is 16.1. The quantitative estimate of drug-likeness (QED) is 0.789. The lowest BCUT2D eigenvalue weighted by molar-refractivity contribution is 0.363. The molecule has 1 N–H and O–H groups in total. The maximum atomic E-state index is 11.8. The van der Waals surface area contributed by atoms with Crippen molar-refractivity contribution in [2.24, 2.45) is 5.41 Å². The van der Waals surface area contributed by atoms with Crippen LogP contribution in [0.25, 0.3) is 0 Å². The van der Waals surface area contributed by atoms with Crippen LogP contribution in [0.15, 0.2) is 17.1 Å². The van der Waals surface area contributed by atoms with E-state index >= 15 is 0 Å². The number of rotatable bonds is 6. The van der Waals surface area contributed by atoms with E-state index < -0.39 is 0 Å². The molecule has 1 heterocycles. The summed E-state index contributed by atoms with van der Waals surface area (Å²) in [6.07, 6.45) is 2.84. The summed E-state index contributed by atoms with van der Waals surface area (Å²) in [4.78, 5) is 13.7. The van der Waals surface area contributed by atoms with Gasteiger partial charge in [0.05, 0.1) is 18.4 Å². The maximum absolute atomic E-state index is 11.8. The van der Waals surface area contributed by atoms with E-state index in [9.17, 15) is 4.79 Å². The van der Waals surface area contributed by atoms with Crippen LogP contribution in [0.3, 0.4) is 0 Å². The first-order valence-corrected chi connectivity index (χ1v) is 6.75. The predicted molar refractivity (Wildman–Crippen MR) is 79.8 cm³/mol. The second-order valence-corrected chi connectivity index (χ2v) is 6.23. The van der Waals surface area contributed by atoms with Gasteiger partial charge in [-0.1, -0.05) is 20.8 Å². The highest BCUT2D eigenvalue weighted by Crippen LogP contribution is 2.16. The van der Waals surface area contributed by atoms with Gasteiger partial charge in [-0.3, -0.25) is 4.79 Å². The summed E-state index contributed by atoms with van der Waals surface area (Å²) in [6, 6.07) is 1.61. The second kappa shape index (κ2) is 6.70. The molecule has 5 nitrogen and oxygen atoms in total. The topological polar surface area (TPSA) is 50.2 Å². The van der Waals surface area contributed by atoms with Crippen molar-refractivity contribution in [3.05, 3.63) is 22.6 Å². The Morgan fingerprint density at radius 2 is 2.00 bits per heavy atom. The van der Waals surface area contributed by atoms with E-state index in [-0.39, 0.29) is 5.56 Å². The molecule has 0 radical (unpaired) electrons. The predicted octanol–water partition coefficient (Wildman–Crippen LogP) is 1.34. The van der Waals surface area contributed by atoms with Crippen LogP contribution in [0.2, 0.25) is 0 Å². The Morgan fingerprint density at radius 3 is 2.53 bits per heavy atom. The molecule has 0 aliphatic carbocycles. The summed E-state index contributed by atoms with van der Waals surface area (Å²) >= 11 is 0. The van der Waals surface area contributed by atoms with Gasteiger partial charge in [-0.2, -0.15) is 5.10 Å². The van der Waals surface area contributed by atoms with E-state index in [1.54, 1.807) is 12.3 Å². The molecule has 1 aromatic rings. The fourth-order valence-electron chi connectivity index (χ4n) is 1.61. The van der Waals surface area contributed by atoms with Gasteiger partial charge in [0.25, 0.3) is 5.56 Å². The molecule has 0 aromatic carbocycles. The van der Waals surface area contributed by atoms with Crippen molar-refractivity contribution in [2.75, 3.05) is 32.1 Å². The van der Waals surface area contributed by atoms with Gasteiger partial charge in [-0.15, -0.1) is 0 Å². The molecule has 1 rings (SSSR count). The van der Waals surface area contributed by atoms with Gasteiger partial charge >= 0.3 is 0 Å². The molecular weight excluding hydrogens is 240 g/mol. The van der Waals surface area contributed by atoms with Crippen LogP contribution in [0, 0.1) is 5.41 Å².